The molecule has 0 aliphatic carbocycles. The van der Waals surface area contributed by atoms with Crippen molar-refractivity contribution in [2.45, 2.75) is 25.5 Å². The first kappa shape index (κ1) is 16.2. The molecule has 0 saturated carbocycles. The average molecular weight is 299 g/mol. The lowest BCUT2D eigenvalue weighted by atomic mass is 9.98. The number of methoxy groups -OCH3 is 1. The number of nitrogens with two attached hydrogens (primary N) is 1. The predicted octanol–water partition coefficient (Wildman–Crippen LogP) is 2.07. The normalized spacial score (nSPS) is 13.5. The Morgan fingerprint density at radius 2 is 1.86 bits per heavy atom. The van der Waals surface area contributed by atoms with Crippen LogP contribution in [0, 0.1) is 6.92 Å². The summed E-state index contributed by atoms with van der Waals surface area (Å²) >= 11 is 0. The molecule has 0 aliphatic heterocycles. The third-order valence-corrected chi connectivity index (χ3v) is 3.62. The molecule has 3 N–H and O–H groups in total. The summed E-state index contributed by atoms with van der Waals surface area (Å²) in [6, 6.07) is 15.5. The first-order valence-corrected chi connectivity index (χ1v) is 7.18. The molecule has 4 heteroatoms. The molecular formula is C18H21NO3. The molecule has 0 heterocycles. The van der Waals surface area contributed by atoms with Crippen molar-refractivity contribution >= 4 is 5.97 Å². The molecule has 0 aromatic heterocycles. The monoisotopic (exact) mass is 299 g/mol. The van der Waals surface area contributed by atoms with Crippen molar-refractivity contribution in [2.75, 3.05) is 7.11 Å². The van der Waals surface area contributed by atoms with Crippen LogP contribution in [-0.2, 0) is 16.0 Å². The lowest BCUT2D eigenvalue weighted by Gasteiger charge is -2.16. The highest BCUT2D eigenvalue weighted by atomic mass is 16.5. The second-order valence-electron chi connectivity index (χ2n) is 5.40. The zero-order valence-corrected chi connectivity index (χ0v) is 12.8. The van der Waals surface area contributed by atoms with E-state index in [0.717, 1.165) is 16.7 Å². The number of benzene rings is 2. The molecule has 2 rings (SSSR count). The Labute approximate surface area is 130 Å². The minimum Gasteiger partial charge on any atom is -0.467 e. The fraction of sp³-hybridized carbons (Fsp3) is 0.278. The van der Waals surface area contributed by atoms with Crippen LogP contribution >= 0.6 is 0 Å². The molecule has 116 valence electrons. The van der Waals surface area contributed by atoms with Gasteiger partial charge in [0.25, 0.3) is 0 Å². The van der Waals surface area contributed by atoms with E-state index in [1.165, 1.54) is 12.7 Å². The van der Waals surface area contributed by atoms with E-state index in [-0.39, 0.29) is 0 Å². The molecule has 0 saturated heterocycles. The maximum Gasteiger partial charge on any atom is 0.336 e. The standard InChI is InChI=1S/C18H21NO3/c1-12-4-3-5-15(10-12)14-8-6-13(7-9-14)11-16(19)17(20)18(21)22-2/h3-10,16-17,20H,11,19H2,1-2H3/t16-,17?/m1/s1. The third-order valence-electron chi connectivity index (χ3n) is 3.62. The van der Waals surface area contributed by atoms with Gasteiger partial charge in [-0.2, -0.15) is 0 Å². The largest absolute Gasteiger partial charge is 0.467 e. The third kappa shape index (κ3) is 3.93. The number of esters is 1. The van der Waals surface area contributed by atoms with Gasteiger partial charge in [0.15, 0.2) is 6.10 Å². The Bertz CT molecular complexity index is 637. The molecule has 2 aromatic carbocycles. The lowest BCUT2D eigenvalue weighted by molar-refractivity contribution is -0.151. The summed E-state index contributed by atoms with van der Waals surface area (Å²) in [6.45, 7) is 2.06. The quantitative estimate of drug-likeness (QED) is 0.829. The van der Waals surface area contributed by atoms with E-state index in [1.807, 2.05) is 30.3 Å². The maximum atomic E-state index is 11.3. The van der Waals surface area contributed by atoms with Gasteiger partial charge in [-0.3, -0.25) is 0 Å². The van der Waals surface area contributed by atoms with Gasteiger partial charge in [-0.05, 0) is 30.0 Å². The number of carbonyl (C=O) groups excluding carboxylic acids is 1. The van der Waals surface area contributed by atoms with Crippen molar-refractivity contribution in [1.82, 2.24) is 0 Å². The van der Waals surface area contributed by atoms with Gasteiger partial charge in [-0.1, -0.05) is 54.1 Å². The van der Waals surface area contributed by atoms with Crippen LogP contribution in [0.2, 0.25) is 0 Å². The van der Waals surface area contributed by atoms with E-state index in [2.05, 4.69) is 29.9 Å². The molecule has 1 unspecified atom stereocenters. The van der Waals surface area contributed by atoms with Crippen LogP contribution in [0.4, 0.5) is 0 Å². The van der Waals surface area contributed by atoms with Crippen molar-refractivity contribution < 1.29 is 14.6 Å². The fourth-order valence-electron chi connectivity index (χ4n) is 2.34. The minimum absolute atomic E-state index is 0.407. The molecule has 22 heavy (non-hydrogen) atoms. The average Bonchev–Trinajstić information content (AvgIpc) is 2.54. The number of aliphatic hydroxyl groups excluding tert-OH is 1. The Balaban J connectivity index is 2.08. The highest BCUT2D eigenvalue weighted by molar-refractivity contribution is 5.75. The number of aryl methyl sites for hydroxylation is 1. The molecular weight excluding hydrogens is 278 g/mol. The number of carbonyl (C=O) groups is 1. The van der Waals surface area contributed by atoms with Crippen molar-refractivity contribution in [2.24, 2.45) is 5.73 Å². The molecule has 0 radical (unpaired) electrons. The van der Waals surface area contributed by atoms with Gasteiger partial charge < -0.3 is 15.6 Å². The Morgan fingerprint density at radius 1 is 1.18 bits per heavy atom. The maximum absolute atomic E-state index is 11.3. The van der Waals surface area contributed by atoms with E-state index in [9.17, 15) is 9.90 Å². The van der Waals surface area contributed by atoms with Crippen LogP contribution in [-0.4, -0.2) is 30.3 Å². The molecule has 2 atom stereocenters. The lowest BCUT2D eigenvalue weighted by Crippen LogP contribution is -2.42. The van der Waals surface area contributed by atoms with E-state index < -0.39 is 18.1 Å². The highest BCUT2D eigenvalue weighted by Crippen LogP contribution is 2.21. The van der Waals surface area contributed by atoms with Crippen LogP contribution in [0.5, 0.6) is 0 Å². The summed E-state index contributed by atoms with van der Waals surface area (Å²) in [5, 5.41) is 9.71. The van der Waals surface area contributed by atoms with Crippen molar-refractivity contribution in [3.8, 4) is 11.1 Å². The van der Waals surface area contributed by atoms with Gasteiger partial charge in [0, 0.05) is 6.04 Å². The van der Waals surface area contributed by atoms with Gasteiger partial charge in [-0.15, -0.1) is 0 Å². The number of rotatable bonds is 5. The van der Waals surface area contributed by atoms with Gasteiger partial charge in [0.05, 0.1) is 7.11 Å². The fourth-order valence-corrected chi connectivity index (χ4v) is 2.34. The summed E-state index contributed by atoms with van der Waals surface area (Å²) in [7, 11) is 1.23. The first-order chi connectivity index (χ1) is 10.5. The highest BCUT2D eigenvalue weighted by Gasteiger charge is 2.23. The Kier molecular flexibility index (Phi) is 5.31. The van der Waals surface area contributed by atoms with Gasteiger partial charge in [0.1, 0.15) is 0 Å². The summed E-state index contributed by atoms with van der Waals surface area (Å²) in [4.78, 5) is 11.3. The minimum atomic E-state index is -1.30. The number of hydrogen-bond donors (Lipinski definition) is 2. The topological polar surface area (TPSA) is 72.5 Å². The van der Waals surface area contributed by atoms with Crippen molar-refractivity contribution in [3.63, 3.8) is 0 Å². The molecule has 4 nitrogen and oxygen atoms in total. The second kappa shape index (κ2) is 7.20. The summed E-state index contributed by atoms with van der Waals surface area (Å²) in [6.07, 6.45) is -0.897. The van der Waals surface area contributed by atoms with Gasteiger partial charge >= 0.3 is 5.97 Å². The summed E-state index contributed by atoms with van der Waals surface area (Å²) in [5.41, 5.74) is 10.3. The van der Waals surface area contributed by atoms with E-state index in [0.29, 0.717) is 6.42 Å². The summed E-state index contributed by atoms with van der Waals surface area (Å²) < 4.78 is 4.49. The molecule has 2 aromatic rings. The van der Waals surface area contributed by atoms with Crippen molar-refractivity contribution in [3.05, 3.63) is 59.7 Å². The molecule has 0 amide bonds. The van der Waals surface area contributed by atoms with E-state index in [4.69, 9.17) is 5.73 Å². The molecule has 0 fully saturated rings. The zero-order chi connectivity index (χ0) is 16.1. The van der Waals surface area contributed by atoms with Crippen LogP contribution in [0.1, 0.15) is 11.1 Å². The number of ether oxygens (including phenoxy) is 1. The van der Waals surface area contributed by atoms with Gasteiger partial charge in [-0.25, -0.2) is 4.79 Å². The number of aliphatic hydroxyl groups is 1. The van der Waals surface area contributed by atoms with Crippen LogP contribution < -0.4 is 5.73 Å². The molecule has 0 aliphatic rings. The molecule has 0 spiro atoms. The van der Waals surface area contributed by atoms with E-state index in [1.54, 1.807) is 0 Å². The number of hydrogen-bond acceptors (Lipinski definition) is 4. The summed E-state index contributed by atoms with van der Waals surface area (Å²) in [5.74, 6) is -0.705. The smallest absolute Gasteiger partial charge is 0.336 e. The Morgan fingerprint density at radius 3 is 2.45 bits per heavy atom. The van der Waals surface area contributed by atoms with E-state index >= 15 is 0 Å². The zero-order valence-electron chi connectivity index (χ0n) is 12.8. The Hall–Kier alpha value is -2.17. The predicted molar refractivity (Wildman–Crippen MR) is 86.3 cm³/mol. The van der Waals surface area contributed by atoms with Crippen LogP contribution in [0.15, 0.2) is 48.5 Å². The van der Waals surface area contributed by atoms with Crippen molar-refractivity contribution in [1.29, 1.82) is 0 Å². The van der Waals surface area contributed by atoms with Crippen LogP contribution in [0.25, 0.3) is 11.1 Å². The van der Waals surface area contributed by atoms with Gasteiger partial charge in [0.2, 0.25) is 0 Å². The second-order valence-corrected chi connectivity index (χ2v) is 5.40. The van der Waals surface area contributed by atoms with Crippen LogP contribution in [0.3, 0.4) is 0 Å². The first-order valence-electron chi connectivity index (χ1n) is 7.18. The molecule has 0 bridgehead atoms. The SMILES string of the molecule is COC(=O)C(O)[C@H](N)Cc1ccc(-c2cccc(C)c2)cc1.